The molecule has 1 amide bonds. The van der Waals surface area contributed by atoms with Gasteiger partial charge in [-0.3, -0.25) is 4.79 Å². The lowest BCUT2D eigenvalue weighted by Crippen LogP contribution is -2.23. The highest BCUT2D eigenvalue weighted by atomic mass is 32.1. The van der Waals surface area contributed by atoms with Crippen LogP contribution in [0.25, 0.3) is 5.13 Å². The van der Waals surface area contributed by atoms with Crippen molar-refractivity contribution in [2.24, 2.45) is 0 Å². The van der Waals surface area contributed by atoms with Crippen LogP contribution in [0.15, 0.2) is 54.9 Å². The summed E-state index contributed by atoms with van der Waals surface area (Å²) in [6.45, 7) is 4.64. The maximum Gasteiger partial charge on any atom is 0.263 e. The number of rotatable bonds is 5. The minimum Gasteiger partial charge on any atom is -0.347 e. The summed E-state index contributed by atoms with van der Waals surface area (Å²) < 4.78 is 1.94. The van der Waals surface area contributed by atoms with Gasteiger partial charge >= 0.3 is 0 Å². The maximum absolute atomic E-state index is 12.6. The summed E-state index contributed by atoms with van der Waals surface area (Å²) >= 11 is 1.43. The van der Waals surface area contributed by atoms with Crippen LogP contribution in [0, 0.1) is 0 Å². The van der Waals surface area contributed by atoms with Gasteiger partial charge in [0.05, 0.1) is 5.69 Å². The molecule has 0 saturated carbocycles. The maximum atomic E-state index is 12.6. The molecule has 5 heteroatoms. The standard InChI is InChI=1S/C18H19N3OS/c1-13(2)15-16(23-18(20-15)21-10-6-7-11-21)17(22)19-12-14-8-4-3-5-9-14/h3-11,13H,12H2,1-2H3,(H,19,22). The molecular weight excluding hydrogens is 306 g/mol. The number of benzene rings is 1. The van der Waals surface area contributed by atoms with Gasteiger partial charge in [-0.1, -0.05) is 55.5 Å². The quantitative estimate of drug-likeness (QED) is 0.771. The van der Waals surface area contributed by atoms with Gasteiger partial charge in [0.15, 0.2) is 5.13 Å². The van der Waals surface area contributed by atoms with Gasteiger partial charge in [-0.2, -0.15) is 0 Å². The molecule has 118 valence electrons. The molecule has 0 aliphatic carbocycles. The number of nitrogens with zero attached hydrogens (tertiary/aromatic N) is 2. The first-order valence-electron chi connectivity index (χ1n) is 7.61. The Kier molecular flexibility index (Phi) is 4.57. The third kappa shape index (κ3) is 3.51. The van der Waals surface area contributed by atoms with Crippen LogP contribution >= 0.6 is 11.3 Å². The highest BCUT2D eigenvalue weighted by Gasteiger charge is 2.20. The Balaban J connectivity index is 1.81. The Labute approximate surface area is 139 Å². The summed E-state index contributed by atoms with van der Waals surface area (Å²) in [5, 5.41) is 3.81. The summed E-state index contributed by atoms with van der Waals surface area (Å²) in [5.41, 5.74) is 1.94. The Morgan fingerprint density at radius 1 is 1.17 bits per heavy atom. The Morgan fingerprint density at radius 2 is 1.87 bits per heavy atom. The number of aromatic nitrogens is 2. The lowest BCUT2D eigenvalue weighted by molar-refractivity contribution is 0.0953. The molecule has 3 aromatic rings. The van der Waals surface area contributed by atoms with Crippen molar-refractivity contribution in [1.29, 1.82) is 0 Å². The molecule has 0 atom stereocenters. The fourth-order valence-electron chi connectivity index (χ4n) is 2.31. The van der Waals surface area contributed by atoms with Crippen LogP contribution in [0.2, 0.25) is 0 Å². The van der Waals surface area contributed by atoms with Crippen LogP contribution in [0.3, 0.4) is 0 Å². The van der Waals surface area contributed by atoms with Crippen LogP contribution in [-0.4, -0.2) is 15.5 Å². The van der Waals surface area contributed by atoms with E-state index in [0.717, 1.165) is 16.4 Å². The van der Waals surface area contributed by atoms with E-state index in [-0.39, 0.29) is 11.8 Å². The van der Waals surface area contributed by atoms with Gasteiger partial charge in [0.2, 0.25) is 0 Å². The molecule has 3 rings (SSSR count). The Hall–Kier alpha value is -2.40. The predicted molar refractivity (Wildman–Crippen MR) is 93.1 cm³/mol. The number of carbonyl (C=O) groups is 1. The lowest BCUT2D eigenvalue weighted by atomic mass is 10.1. The van der Waals surface area contributed by atoms with Gasteiger partial charge in [0.1, 0.15) is 4.88 Å². The van der Waals surface area contributed by atoms with E-state index in [0.29, 0.717) is 11.4 Å². The molecule has 2 aromatic heterocycles. The molecule has 23 heavy (non-hydrogen) atoms. The highest BCUT2D eigenvalue weighted by Crippen LogP contribution is 2.27. The van der Waals surface area contributed by atoms with Crippen molar-refractivity contribution in [2.45, 2.75) is 26.3 Å². The van der Waals surface area contributed by atoms with E-state index in [2.05, 4.69) is 24.1 Å². The molecule has 0 spiro atoms. The van der Waals surface area contributed by atoms with Crippen molar-refractivity contribution in [3.05, 3.63) is 71.0 Å². The second-order valence-corrected chi connectivity index (χ2v) is 6.60. The van der Waals surface area contributed by atoms with Gasteiger partial charge in [0, 0.05) is 18.9 Å². The van der Waals surface area contributed by atoms with Crippen molar-refractivity contribution >= 4 is 17.2 Å². The van der Waals surface area contributed by atoms with Gasteiger partial charge in [-0.25, -0.2) is 4.98 Å². The average Bonchev–Trinajstić information content (AvgIpc) is 3.22. The first kappa shape index (κ1) is 15.5. The summed E-state index contributed by atoms with van der Waals surface area (Å²) in [6, 6.07) is 13.8. The van der Waals surface area contributed by atoms with E-state index in [1.807, 2.05) is 59.4 Å². The molecule has 0 aliphatic rings. The van der Waals surface area contributed by atoms with E-state index in [1.165, 1.54) is 11.3 Å². The fraction of sp³-hybridized carbons (Fsp3) is 0.222. The first-order valence-corrected chi connectivity index (χ1v) is 8.43. The monoisotopic (exact) mass is 325 g/mol. The number of carbonyl (C=O) groups excluding carboxylic acids is 1. The molecule has 0 bridgehead atoms. The van der Waals surface area contributed by atoms with Crippen LogP contribution in [-0.2, 0) is 6.54 Å². The number of nitrogens with one attached hydrogen (secondary N) is 1. The SMILES string of the molecule is CC(C)c1nc(-n2cccc2)sc1C(=O)NCc1ccccc1. The molecule has 0 aliphatic heterocycles. The van der Waals surface area contributed by atoms with E-state index >= 15 is 0 Å². The Morgan fingerprint density at radius 3 is 2.52 bits per heavy atom. The third-order valence-electron chi connectivity index (χ3n) is 3.52. The summed E-state index contributed by atoms with van der Waals surface area (Å²) in [5.74, 6) is 0.140. The second kappa shape index (κ2) is 6.79. The molecule has 0 radical (unpaired) electrons. The van der Waals surface area contributed by atoms with E-state index in [1.54, 1.807) is 0 Å². The lowest BCUT2D eigenvalue weighted by Gasteiger charge is -2.06. The van der Waals surface area contributed by atoms with Gasteiger partial charge in [0.25, 0.3) is 5.91 Å². The summed E-state index contributed by atoms with van der Waals surface area (Å²) in [6.07, 6.45) is 3.88. The van der Waals surface area contributed by atoms with Gasteiger partial charge in [-0.15, -0.1) is 0 Å². The van der Waals surface area contributed by atoms with Gasteiger partial charge < -0.3 is 9.88 Å². The normalized spacial score (nSPS) is 10.9. The zero-order valence-corrected chi connectivity index (χ0v) is 14.0. The third-order valence-corrected chi connectivity index (χ3v) is 4.60. The number of hydrogen-bond acceptors (Lipinski definition) is 3. The smallest absolute Gasteiger partial charge is 0.263 e. The minimum absolute atomic E-state index is 0.0616. The van der Waals surface area contributed by atoms with Crippen molar-refractivity contribution in [3.8, 4) is 5.13 Å². The van der Waals surface area contributed by atoms with Crippen molar-refractivity contribution < 1.29 is 4.79 Å². The van der Waals surface area contributed by atoms with Crippen molar-refractivity contribution in [3.63, 3.8) is 0 Å². The van der Waals surface area contributed by atoms with E-state index in [9.17, 15) is 4.79 Å². The van der Waals surface area contributed by atoms with Gasteiger partial charge in [-0.05, 0) is 23.6 Å². The first-order chi connectivity index (χ1) is 11.1. The molecule has 2 heterocycles. The van der Waals surface area contributed by atoms with Crippen LogP contribution < -0.4 is 5.32 Å². The molecule has 0 fully saturated rings. The number of thiazole rings is 1. The average molecular weight is 325 g/mol. The number of hydrogen-bond donors (Lipinski definition) is 1. The molecule has 1 aromatic carbocycles. The molecule has 0 saturated heterocycles. The molecular formula is C18H19N3OS. The molecule has 1 N–H and O–H groups in total. The second-order valence-electron chi connectivity index (χ2n) is 5.62. The van der Waals surface area contributed by atoms with Crippen molar-refractivity contribution in [1.82, 2.24) is 14.9 Å². The van der Waals surface area contributed by atoms with E-state index < -0.39 is 0 Å². The van der Waals surface area contributed by atoms with Crippen molar-refractivity contribution in [2.75, 3.05) is 0 Å². The zero-order valence-electron chi connectivity index (χ0n) is 13.2. The Bertz CT molecular complexity index is 776. The van der Waals surface area contributed by atoms with Crippen LogP contribution in [0.1, 0.15) is 40.7 Å². The predicted octanol–water partition coefficient (Wildman–Crippen LogP) is 3.99. The highest BCUT2D eigenvalue weighted by molar-refractivity contribution is 7.16. The number of amides is 1. The zero-order chi connectivity index (χ0) is 16.2. The minimum atomic E-state index is -0.0616. The van der Waals surface area contributed by atoms with Crippen LogP contribution in [0.5, 0.6) is 0 Å². The summed E-state index contributed by atoms with van der Waals surface area (Å²) in [7, 11) is 0. The fourth-order valence-corrected chi connectivity index (χ4v) is 3.41. The topological polar surface area (TPSA) is 46.9 Å². The summed E-state index contributed by atoms with van der Waals surface area (Å²) in [4.78, 5) is 17.9. The molecule has 0 unspecified atom stereocenters. The van der Waals surface area contributed by atoms with E-state index in [4.69, 9.17) is 0 Å². The van der Waals surface area contributed by atoms with Crippen LogP contribution in [0.4, 0.5) is 0 Å². The molecule has 4 nitrogen and oxygen atoms in total. The largest absolute Gasteiger partial charge is 0.347 e.